The Hall–Kier alpha value is -2.09. The second-order valence-corrected chi connectivity index (χ2v) is 7.46. The molecule has 1 aromatic carbocycles. The molecule has 0 unspecified atom stereocenters. The molecule has 0 saturated carbocycles. The van der Waals surface area contributed by atoms with Gasteiger partial charge in [-0.25, -0.2) is 4.98 Å². The standard InChI is InChI=1S/C17H13ClN4OS2/c1-22-15(14-7-4-8-23-14)20-21-17(22)25-10-11-9-24-16(19-11)12-5-2-3-6-13(12)18/h2-9H,10H2,1H3. The van der Waals surface area contributed by atoms with E-state index in [2.05, 4.69) is 20.6 Å². The lowest BCUT2D eigenvalue weighted by atomic mass is 10.2. The van der Waals surface area contributed by atoms with Crippen molar-refractivity contribution in [3.63, 3.8) is 0 Å². The van der Waals surface area contributed by atoms with Gasteiger partial charge in [0.2, 0.25) is 0 Å². The number of hydrogen-bond donors (Lipinski definition) is 0. The van der Waals surface area contributed by atoms with Gasteiger partial charge in [0.05, 0.1) is 17.0 Å². The van der Waals surface area contributed by atoms with E-state index in [1.165, 1.54) is 0 Å². The molecule has 0 N–H and O–H groups in total. The number of furan rings is 1. The number of halogens is 1. The normalized spacial score (nSPS) is 11.1. The maximum Gasteiger partial charge on any atom is 0.200 e. The van der Waals surface area contributed by atoms with Gasteiger partial charge >= 0.3 is 0 Å². The van der Waals surface area contributed by atoms with Crippen molar-refractivity contribution < 1.29 is 4.42 Å². The van der Waals surface area contributed by atoms with Crippen molar-refractivity contribution in [2.75, 3.05) is 0 Å². The Morgan fingerprint density at radius 2 is 2.08 bits per heavy atom. The molecular formula is C17H13ClN4OS2. The molecule has 0 bridgehead atoms. The average molecular weight is 389 g/mol. The third kappa shape index (κ3) is 3.35. The molecule has 0 atom stereocenters. The first-order chi connectivity index (χ1) is 12.2. The van der Waals surface area contributed by atoms with Crippen LogP contribution in [0.1, 0.15) is 5.69 Å². The van der Waals surface area contributed by atoms with E-state index in [1.54, 1.807) is 29.4 Å². The highest BCUT2D eigenvalue weighted by Crippen LogP contribution is 2.32. The summed E-state index contributed by atoms with van der Waals surface area (Å²) in [4.78, 5) is 4.68. The van der Waals surface area contributed by atoms with E-state index in [-0.39, 0.29) is 0 Å². The third-order valence-electron chi connectivity index (χ3n) is 3.58. The second kappa shape index (κ2) is 7.03. The molecule has 3 aromatic heterocycles. The van der Waals surface area contributed by atoms with Crippen molar-refractivity contribution in [1.82, 2.24) is 19.7 Å². The maximum atomic E-state index is 6.24. The van der Waals surface area contributed by atoms with Crippen LogP contribution in [-0.4, -0.2) is 19.7 Å². The summed E-state index contributed by atoms with van der Waals surface area (Å²) < 4.78 is 7.31. The molecule has 3 heterocycles. The zero-order chi connectivity index (χ0) is 17.2. The lowest BCUT2D eigenvalue weighted by molar-refractivity contribution is 0.572. The summed E-state index contributed by atoms with van der Waals surface area (Å²) >= 11 is 9.43. The number of benzene rings is 1. The van der Waals surface area contributed by atoms with Crippen LogP contribution in [0.15, 0.2) is 57.6 Å². The number of thiazole rings is 1. The Morgan fingerprint density at radius 1 is 1.20 bits per heavy atom. The maximum absolute atomic E-state index is 6.24. The number of aromatic nitrogens is 4. The molecule has 8 heteroatoms. The number of nitrogens with zero attached hydrogens (tertiary/aromatic N) is 4. The van der Waals surface area contributed by atoms with Crippen molar-refractivity contribution >= 4 is 34.7 Å². The Morgan fingerprint density at radius 3 is 2.88 bits per heavy atom. The molecule has 4 aromatic rings. The summed E-state index contributed by atoms with van der Waals surface area (Å²) in [5.41, 5.74) is 1.96. The highest BCUT2D eigenvalue weighted by Gasteiger charge is 2.14. The molecule has 0 saturated heterocycles. The zero-order valence-corrected chi connectivity index (χ0v) is 15.6. The SMILES string of the molecule is Cn1c(SCc2csc(-c3ccccc3Cl)n2)nnc1-c1ccco1. The first-order valence-corrected chi connectivity index (χ1v) is 9.72. The predicted octanol–water partition coefficient (Wildman–Crippen LogP) is 5.14. The van der Waals surface area contributed by atoms with Gasteiger partial charge in [-0.15, -0.1) is 21.5 Å². The molecule has 0 aliphatic rings. The summed E-state index contributed by atoms with van der Waals surface area (Å²) in [5, 5.41) is 12.9. The predicted molar refractivity (Wildman–Crippen MR) is 101 cm³/mol. The lowest BCUT2D eigenvalue weighted by Gasteiger charge is -2.01. The fraction of sp³-hybridized carbons (Fsp3) is 0.118. The van der Waals surface area contributed by atoms with E-state index < -0.39 is 0 Å². The molecule has 5 nitrogen and oxygen atoms in total. The Balaban J connectivity index is 1.49. The van der Waals surface area contributed by atoms with Crippen LogP contribution >= 0.6 is 34.7 Å². The van der Waals surface area contributed by atoms with E-state index in [1.807, 2.05) is 48.0 Å². The van der Waals surface area contributed by atoms with Crippen LogP contribution in [-0.2, 0) is 12.8 Å². The van der Waals surface area contributed by atoms with Crippen LogP contribution in [0.2, 0.25) is 5.02 Å². The summed E-state index contributed by atoms with van der Waals surface area (Å²) in [5.74, 6) is 2.13. The van der Waals surface area contributed by atoms with Gasteiger partial charge in [-0.05, 0) is 18.2 Å². The van der Waals surface area contributed by atoms with Crippen molar-refractivity contribution in [2.45, 2.75) is 10.9 Å². The summed E-state index contributed by atoms with van der Waals surface area (Å²) in [6.45, 7) is 0. The quantitative estimate of drug-likeness (QED) is 0.443. The van der Waals surface area contributed by atoms with Gasteiger partial charge in [-0.1, -0.05) is 41.6 Å². The minimum Gasteiger partial charge on any atom is -0.461 e. The van der Waals surface area contributed by atoms with Gasteiger partial charge in [0, 0.05) is 23.7 Å². The average Bonchev–Trinajstić information content (AvgIpc) is 3.34. The van der Waals surface area contributed by atoms with Gasteiger partial charge in [0.25, 0.3) is 0 Å². The Kier molecular flexibility index (Phi) is 4.61. The lowest BCUT2D eigenvalue weighted by Crippen LogP contribution is -1.94. The van der Waals surface area contributed by atoms with Crippen molar-refractivity contribution in [3.05, 3.63) is 58.8 Å². The molecule has 0 spiro atoms. The van der Waals surface area contributed by atoms with Crippen molar-refractivity contribution in [1.29, 1.82) is 0 Å². The van der Waals surface area contributed by atoms with Crippen LogP contribution < -0.4 is 0 Å². The van der Waals surface area contributed by atoms with E-state index in [0.29, 0.717) is 22.4 Å². The van der Waals surface area contributed by atoms with Crippen molar-refractivity contribution in [2.24, 2.45) is 7.05 Å². The third-order valence-corrected chi connectivity index (χ3v) is 5.89. The molecule has 0 aliphatic carbocycles. The Bertz CT molecular complexity index is 994. The fourth-order valence-electron chi connectivity index (χ4n) is 2.33. The monoisotopic (exact) mass is 388 g/mol. The van der Waals surface area contributed by atoms with E-state index in [9.17, 15) is 0 Å². The summed E-state index contributed by atoms with van der Waals surface area (Å²) in [7, 11) is 1.93. The van der Waals surface area contributed by atoms with Crippen LogP contribution in [0, 0.1) is 0 Å². The molecule has 126 valence electrons. The zero-order valence-electron chi connectivity index (χ0n) is 13.2. The smallest absolute Gasteiger partial charge is 0.200 e. The van der Waals surface area contributed by atoms with Crippen LogP contribution in [0.4, 0.5) is 0 Å². The molecule has 25 heavy (non-hydrogen) atoms. The first kappa shape index (κ1) is 16.4. The van der Waals surface area contributed by atoms with Crippen LogP contribution in [0.5, 0.6) is 0 Å². The first-order valence-electron chi connectivity index (χ1n) is 7.48. The van der Waals surface area contributed by atoms with E-state index >= 15 is 0 Å². The highest BCUT2D eigenvalue weighted by atomic mass is 35.5. The number of hydrogen-bond acceptors (Lipinski definition) is 6. The second-order valence-electron chi connectivity index (χ2n) is 5.26. The fourth-order valence-corrected chi connectivity index (χ4v) is 4.38. The molecule has 0 radical (unpaired) electrons. The molecular weight excluding hydrogens is 376 g/mol. The topological polar surface area (TPSA) is 56.7 Å². The van der Waals surface area contributed by atoms with Crippen LogP contribution in [0.25, 0.3) is 22.2 Å². The van der Waals surface area contributed by atoms with Gasteiger partial charge in [-0.3, -0.25) is 0 Å². The minimum atomic E-state index is 0.705. The van der Waals surface area contributed by atoms with Gasteiger partial charge in [0.15, 0.2) is 16.7 Å². The molecule has 0 fully saturated rings. The summed E-state index contributed by atoms with van der Waals surface area (Å²) in [6.07, 6.45) is 1.63. The van der Waals surface area contributed by atoms with Gasteiger partial charge in [0.1, 0.15) is 5.01 Å². The van der Waals surface area contributed by atoms with E-state index in [4.69, 9.17) is 16.0 Å². The molecule has 4 rings (SSSR count). The number of rotatable bonds is 5. The Labute approximate surface area is 157 Å². The molecule has 0 amide bonds. The van der Waals surface area contributed by atoms with Crippen molar-refractivity contribution in [3.8, 4) is 22.2 Å². The van der Waals surface area contributed by atoms with Crippen LogP contribution in [0.3, 0.4) is 0 Å². The van der Waals surface area contributed by atoms with E-state index in [0.717, 1.165) is 21.4 Å². The van der Waals surface area contributed by atoms with Gasteiger partial charge < -0.3 is 8.98 Å². The largest absolute Gasteiger partial charge is 0.461 e. The number of thioether (sulfide) groups is 1. The highest BCUT2D eigenvalue weighted by molar-refractivity contribution is 7.98. The molecule has 0 aliphatic heterocycles. The van der Waals surface area contributed by atoms with Gasteiger partial charge in [-0.2, -0.15) is 0 Å². The minimum absolute atomic E-state index is 0.705. The summed E-state index contributed by atoms with van der Waals surface area (Å²) in [6, 6.07) is 11.4.